The van der Waals surface area contributed by atoms with Gasteiger partial charge in [0.2, 0.25) is 11.8 Å². The van der Waals surface area contributed by atoms with E-state index in [1.807, 2.05) is 0 Å². The second kappa shape index (κ2) is 10.2. The second-order valence-corrected chi connectivity index (χ2v) is 13.1. The van der Waals surface area contributed by atoms with Crippen LogP contribution in [-0.4, -0.2) is 48.8 Å². The number of benzene rings is 2. The summed E-state index contributed by atoms with van der Waals surface area (Å²) in [5.41, 5.74) is -3.89. The Hall–Kier alpha value is -3.10. The van der Waals surface area contributed by atoms with Crippen LogP contribution >= 0.6 is 39.1 Å². The minimum Gasteiger partial charge on any atom is -0.508 e. The molecule has 4 aliphatic rings. The lowest BCUT2D eigenvalue weighted by Crippen LogP contribution is -2.60. The largest absolute Gasteiger partial charge is 0.508 e. The van der Waals surface area contributed by atoms with Gasteiger partial charge in [-0.25, -0.2) is 4.90 Å². The van der Waals surface area contributed by atoms with Crippen molar-refractivity contribution in [3.05, 3.63) is 70.8 Å². The average Bonchev–Trinajstić information content (AvgIpc) is 3.30. The Balaban J connectivity index is 1.49. The molecule has 2 aromatic rings. The highest BCUT2D eigenvalue weighted by Crippen LogP contribution is 2.65. The topological polar surface area (TPSA) is 95.0 Å². The molecule has 45 heavy (non-hydrogen) atoms. The summed E-state index contributed by atoms with van der Waals surface area (Å²) in [6.07, 6.45) is -9.49. The van der Waals surface area contributed by atoms with E-state index in [4.69, 9.17) is 23.2 Å². The molecule has 7 nitrogen and oxygen atoms in total. The Morgan fingerprint density at radius 1 is 0.867 bits per heavy atom. The van der Waals surface area contributed by atoms with E-state index in [-0.39, 0.29) is 23.7 Å². The van der Waals surface area contributed by atoms with Gasteiger partial charge < -0.3 is 5.11 Å². The van der Waals surface area contributed by atoms with Crippen LogP contribution in [0.1, 0.15) is 35.4 Å². The number of hydrogen-bond acceptors (Lipinski definition) is 5. The number of aromatic hydroxyl groups is 1. The van der Waals surface area contributed by atoms with Crippen LogP contribution in [-0.2, 0) is 31.5 Å². The van der Waals surface area contributed by atoms with Crippen molar-refractivity contribution in [2.24, 2.45) is 17.8 Å². The minimum absolute atomic E-state index is 0.111. The van der Waals surface area contributed by atoms with E-state index in [1.54, 1.807) is 6.08 Å². The first-order valence-corrected chi connectivity index (χ1v) is 15.2. The molecule has 0 unspecified atom stereocenters. The van der Waals surface area contributed by atoms with Crippen LogP contribution in [0.4, 0.5) is 32.0 Å². The monoisotopic (exact) mass is 738 g/mol. The summed E-state index contributed by atoms with van der Waals surface area (Å²) in [5, 5.41) is 9.89. The molecule has 4 amide bonds. The van der Waals surface area contributed by atoms with Crippen molar-refractivity contribution < 1.29 is 50.6 Å². The predicted molar refractivity (Wildman–Crippen MR) is 150 cm³/mol. The van der Waals surface area contributed by atoms with Crippen LogP contribution < -0.4 is 4.90 Å². The first-order valence-electron chi connectivity index (χ1n) is 13.3. The number of hydrogen-bond donors (Lipinski definition) is 1. The molecule has 2 heterocycles. The Morgan fingerprint density at radius 2 is 1.44 bits per heavy atom. The summed E-state index contributed by atoms with van der Waals surface area (Å²) in [4.78, 5) is 51.8. The van der Waals surface area contributed by atoms with Crippen LogP contribution in [0.15, 0.2) is 54.1 Å². The lowest BCUT2D eigenvalue weighted by molar-refractivity contribution is -0.143. The molecule has 238 valence electrons. The third kappa shape index (κ3) is 4.45. The smallest absolute Gasteiger partial charge is 0.416 e. The van der Waals surface area contributed by atoms with Crippen molar-refractivity contribution in [1.82, 2.24) is 4.90 Å². The van der Waals surface area contributed by atoms with E-state index in [0.717, 1.165) is 4.90 Å². The maximum Gasteiger partial charge on any atom is 0.416 e. The van der Waals surface area contributed by atoms with Gasteiger partial charge in [-0.1, -0.05) is 39.7 Å². The fraction of sp³-hybridized carbons (Fsp3) is 0.379. The Labute approximate surface area is 268 Å². The van der Waals surface area contributed by atoms with Gasteiger partial charge in [-0.3, -0.25) is 24.1 Å². The van der Waals surface area contributed by atoms with Crippen LogP contribution in [0, 0.1) is 17.8 Å². The first-order chi connectivity index (χ1) is 20.9. The Kier molecular flexibility index (Phi) is 7.22. The number of phenols is 1. The van der Waals surface area contributed by atoms with E-state index in [1.165, 1.54) is 24.3 Å². The molecule has 1 N–H and O–H groups in total. The van der Waals surface area contributed by atoms with Gasteiger partial charge in [-0.05, 0) is 54.7 Å². The average molecular weight is 740 g/mol. The molecule has 2 aliphatic heterocycles. The van der Waals surface area contributed by atoms with E-state index in [2.05, 4.69) is 15.9 Å². The number of likely N-dealkylation sites (tertiary alicyclic amines) is 1. The molecule has 16 heteroatoms. The summed E-state index contributed by atoms with van der Waals surface area (Å²) in [5.74, 6) is -8.73. The van der Waals surface area contributed by atoms with Gasteiger partial charge in [0.15, 0.2) is 9.75 Å². The summed E-state index contributed by atoms with van der Waals surface area (Å²) >= 11 is 17.2. The zero-order chi connectivity index (χ0) is 33.0. The number of fused-ring (bicyclic) bond motifs is 4. The Bertz CT molecular complexity index is 1670. The van der Waals surface area contributed by atoms with Gasteiger partial charge in [-0.15, -0.1) is 23.2 Å². The van der Waals surface area contributed by atoms with E-state index < -0.39 is 92.6 Å². The number of anilines is 1. The van der Waals surface area contributed by atoms with Gasteiger partial charge in [0.05, 0.1) is 34.1 Å². The van der Waals surface area contributed by atoms with Crippen LogP contribution in [0.3, 0.4) is 0 Å². The molecule has 2 aliphatic carbocycles. The van der Waals surface area contributed by atoms with Crippen molar-refractivity contribution in [2.45, 2.75) is 40.9 Å². The zero-order valence-corrected chi connectivity index (χ0v) is 25.5. The lowest BCUT2D eigenvalue weighted by Gasteiger charge is -2.50. The van der Waals surface area contributed by atoms with Gasteiger partial charge >= 0.3 is 12.4 Å². The molecule has 0 aromatic heterocycles. The van der Waals surface area contributed by atoms with Gasteiger partial charge in [0, 0.05) is 5.92 Å². The standard InChI is InChI=1S/C29H19BrCl2F6N2O5/c30-11-39-24(44)26(31)10-19-17(21(27(26,32)25(39)45)12-1-3-16(41)4-2-12)5-6-18-20(19)23(43)40(22(18)42)15-8-13(28(33,34)35)7-14(9-15)29(36,37)38/h1-5,7-9,18-21,41H,6,10-11H2/t18-,19+,20-,21-,26+,27-/m0/s1. The molecular weight excluding hydrogens is 721 g/mol. The number of nitrogens with zero attached hydrogens (tertiary/aromatic N) is 2. The van der Waals surface area contributed by atoms with E-state index in [9.17, 15) is 50.6 Å². The van der Waals surface area contributed by atoms with Crippen LogP contribution in [0.5, 0.6) is 5.75 Å². The normalized spacial score (nSPS) is 31.6. The number of rotatable bonds is 3. The summed E-state index contributed by atoms with van der Waals surface area (Å²) in [6, 6.07) is 6.00. The third-order valence-corrected chi connectivity index (χ3v) is 11.0. The summed E-state index contributed by atoms with van der Waals surface area (Å²) < 4.78 is 81.7. The fourth-order valence-electron chi connectivity index (χ4n) is 7.12. The number of allylic oxidation sites excluding steroid dienone is 2. The molecular formula is C29H19BrCl2F6N2O5. The molecule has 3 fully saturated rings. The van der Waals surface area contributed by atoms with Crippen LogP contribution in [0.2, 0.25) is 0 Å². The molecule has 2 aromatic carbocycles. The minimum atomic E-state index is -5.23. The molecule has 6 rings (SSSR count). The van der Waals surface area contributed by atoms with Crippen molar-refractivity contribution in [2.75, 3.05) is 10.4 Å². The maximum atomic E-state index is 14.0. The number of imide groups is 2. The number of carbonyl (C=O) groups is 4. The second-order valence-electron chi connectivity index (χ2n) is 11.4. The number of phenolic OH excluding ortho intramolecular Hbond substituents is 1. The number of amides is 4. The summed E-state index contributed by atoms with van der Waals surface area (Å²) in [6.45, 7) is 0. The third-order valence-electron chi connectivity index (χ3n) is 9.07. The molecule has 0 bridgehead atoms. The highest BCUT2D eigenvalue weighted by molar-refractivity contribution is 9.09. The van der Waals surface area contributed by atoms with Gasteiger partial charge in [0.25, 0.3) is 11.8 Å². The predicted octanol–water partition coefficient (Wildman–Crippen LogP) is 6.35. The molecule has 6 atom stereocenters. The van der Waals surface area contributed by atoms with E-state index >= 15 is 0 Å². The zero-order valence-electron chi connectivity index (χ0n) is 22.4. The highest BCUT2D eigenvalue weighted by atomic mass is 79.9. The highest BCUT2D eigenvalue weighted by Gasteiger charge is 2.76. The fourth-order valence-corrected chi connectivity index (χ4v) is 8.54. The lowest BCUT2D eigenvalue weighted by atomic mass is 9.56. The van der Waals surface area contributed by atoms with Crippen LogP contribution in [0.25, 0.3) is 0 Å². The SMILES string of the molecule is O=C1[C@H]2[C@H](CC=C3[C@H]2C[C@@]2(Cl)C(=O)N(CBr)C(=O)[C@@]2(Cl)[C@H]3c2ccc(O)cc2)C(=O)N1c1cc(C(F)(F)F)cc(C(F)(F)F)c1. The van der Waals surface area contributed by atoms with Crippen molar-refractivity contribution in [1.29, 1.82) is 0 Å². The van der Waals surface area contributed by atoms with Crippen molar-refractivity contribution in [3.63, 3.8) is 0 Å². The first kappa shape index (κ1) is 31.9. The Morgan fingerprint density at radius 3 is 1.98 bits per heavy atom. The maximum absolute atomic E-state index is 14.0. The van der Waals surface area contributed by atoms with E-state index in [0.29, 0.717) is 28.2 Å². The number of alkyl halides is 9. The molecule has 0 spiro atoms. The summed E-state index contributed by atoms with van der Waals surface area (Å²) in [7, 11) is 0. The number of halogens is 9. The van der Waals surface area contributed by atoms with Crippen molar-refractivity contribution >= 4 is 68.4 Å². The van der Waals surface area contributed by atoms with Gasteiger partial charge in [-0.2, -0.15) is 26.3 Å². The van der Waals surface area contributed by atoms with Gasteiger partial charge in [0.1, 0.15) is 5.75 Å². The quantitative estimate of drug-likeness (QED) is 0.130. The van der Waals surface area contributed by atoms with Crippen molar-refractivity contribution in [3.8, 4) is 5.75 Å². The number of carbonyl (C=O) groups excluding carboxylic acids is 4. The molecule has 0 radical (unpaired) electrons. The molecule has 2 saturated heterocycles. The molecule has 1 saturated carbocycles.